The fraction of sp³-hybridized carbons (Fsp3) is 0.357. The van der Waals surface area contributed by atoms with Gasteiger partial charge in [-0.15, -0.1) is 11.3 Å². The number of rotatable bonds is 5. The highest BCUT2D eigenvalue weighted by molar-refractivity contribution is 7.17. The molecule has 1 atom stereocenters. The number of anilines is 1. The number of nitrogens with two attached hydrogens (primary N) is 1. The van der Waals surface area contributed by atoms with Gasteiger partial charge >= 0.3 is 0 Å². The topological polar surface area (TPSA) is 55.1 Å². The molecule has 4 heteroatoms. The molecule has 3 N–H and O–H groups in total. The quantitative estimate of drug-likeness (QED) is 0.868. The lowest BCUT2D eigenvalue weighted by molar-refractivity contribution is -0.116. The minimum absolute atomic E-state index is 0.00877. The van der Waals surface area contributed by atoms with Crippen molar-refractivity contribution in [3.63, 3.8) is 0 Å². The number of carbonyl (C=O) groups is 1. The van der Waals surface area contributed by atoms with Crippen LogP contribution in [0.3, 0.4) is 0 Å². The van der Waals surface area contributed by atoms with Gasteiger partial charge in [-0.2, -0.15) is 0 Å². The number of nitrogens with one attached hydrogen (secondary N) is 1. The van der Waals surface area contributed by atoms with Crippen molar-refractivity contribution in [3.05, 3.63) is 29.6 Å². The van der Waals surface area contributed by atoms with E-state index in [0.717, 1.165) is 23.9 Å². The summed E-state index contributed by atoms with van der Waals surface area (Å²) in [6.45, 7) is 2.07. The molecule has 0 aliphatic heterocycles. The van der Waals surface area contributed by atoms with E-state index in [9.17, 15) is 4.79 Å². The Morgan fingerprint density at radius 3 is 3.06 bits per heavy atom. The maximum absolute atomic E-state index is 11.8. The first kappa shape index (κ1) is 13.1. The standard InChI is InChI=1S/C14H18N2OS/c1-2-3-11(15)9-14(17)16-12-4-5-13-10(8-12)6-7-18-13/h4-8,11H,2-3,9,15H2,1H3,(H,16,17). The second-order valence-electron chi connectivity index (χ2n) is 4.47. The van der Waals surface area contributed by atoms with Crippen LogP contribution in [0.4, 0.5) is 5.69 Å². The molecule has 0 spiro atoms. The molecule has 3 nitrogen and oxygen atoms in total. The molecule has 1 aromatic carbocycles. The molecular weight excluding hydrogens is 244 g/mol. The molecule has 0 radical (unpaired) electrons. The van der Waals surface area contributed by atoms with Gasteiger partial charge in [-0.05, 0) is 41.5 Å². The highest BCUT2D eigenvalue weighted by Crippen LogP contribution is 2.24. The van der Waals surface area contributed by atoms with Gasteiger partial charge in [-0.3, -0.25) is 4.79 Å². The third-order valence-corrected chi connectivity index (χ3v) is 3.74. The Hall–Kier alpha value is -1.39. The molecule has 0 saturated heterocycles. The molecule has 18 heavy (non-hydrogen) atoms. The summed E-state index contributed by atoms with van der Waals surface area (Å²) < 4.78 is 1.23. The number of hydrogen-bond acceptors (Lipinski definition) is 3. The molecular formula is C14H18N2OS. The monoisotopic (exact) mass is 262 g/mol. The molecule has 0 bridgehead atoms. The molecule has 0 saturated carbocycles. The lowest BCUT2D eigenvalue weighted by atomic mass is 10.1. The van der Waals surface area contributed by atoms with E-state index in [0.29, 0.717) is 6.42 Å². The highest BCUT2D eigenvalue weighted by Gasteiger charge is 2.09. The normalized spacial score (nSPS) is 12.6. The zero-order valence-corrected chi connectivity index (χ0v) is 11.3. The Balaban J connectivity index is 1.97. The van der Waals surface area contributed by atoms with E-state index in [-0.39, 0.29) is 11.9 Å². The Morgan fingerprint density at radius 1 is 1.44 bits per heavy atom. The van der Waals surface area contributed by atoms with Gasteiger partial charge in [0.25, 0.3) is 0 Å². The maximum Gasteiger partial charge on any atom is 0.225 e. The number of hydrogen-bond donors (Lipinski definition) is 2. The molecule has 2 rings (SSSR count). The number of benzene rings is 1. The number of fused-ring (bicyclic) bond motifs is 1. The fourth-order valence-electron chi connectivity index (χ4n) is 1.97. The number of carbonyl (C=O) groups excluding carboxylic acids is 1. The zero-order chi connectivity index (χ0) is 13.0. The highest BCUT2D eigenvalue weighted by atomic mass is 32.1. The van der Waals surface area contributed by atoms with Gasteiger partial charge in [0.1, 0.15) is 0 Å². The van der Waals surface area contributed by atoms with Crippen molar-refractivity contribution in [2.24, 2.45) is 5.73 Å². The Kier molecular flexibility index (Phi) is 4.33. The van der Waals surface area contributed by atoms with Crippen LogP contribution < -0.4 is 11.1 Å². The first-order chi connectivity index (χ1) is 8.69. The van der Waals surface area contributed by atoms with E-state index in [2.05, 4.69) is 18.3 Å². The minimum Gasteiger partial charge on any atom is -0.327 e. The van der Waals surface area contributed by atoms with Crippen LogP contribution in [0.5, 0.6) is 0 Å². The van der Waals surface area contributed by atoms with E-state index in [1.165, 1.54) is 4.70 Å². The van der Waals surface area contributed by atoms with E-state index >= 15 is 0 Å². The molecule has 0 aliphatic rings. The predicted molar refractivity (Wildman–Crippen MR) is 78.0 cm³/mol. The van der Waals surface area contributed by atoms with E-state index < -0.39 is 0 Å². The summed E-state index contributed by atoms with van der Waals surface area (Å²) in [5.41, 5.74) is 6.70. The fourth-order valence-corrected chi connectivity index (χ4v) is 2.74. The summed E-state index contributed by atoms with van der Waals surface area (Å²) in [5, 5.41) is 6.11. The second kappa shape index (κ2) is 5.98. The van der Waals surface area contributed by atoms with Gasteiger partial charge in [0.2, 0.25) is 5.91 Å². The molecule has 2 aromatic rings. The van der Waals surface area contributed by atoms with Crippen molar-refractivity contribution in [2.75, 3.05) is 5.32 Å². The third-order valence-electron chi connectivity index (χ3n) is 2.84. The van der Waals surface area contributed by atoms with Gasteiger partial charge in [0, 0.05) is 22.8 Å². The van der Waals surface area contributed by atoms with Crippen LogP contribution in [0.15, 0.2) is 29.6 Å². The average molecular weight is 262 g/mol. The molecule has 1 amide bonds. The van der Waals surface area contributed by atoms with Gasteiger partial charge < -0.3 is 11.1 Å². The van der Waals surface area contributed by atoms with E-state index in [4.69, 9.17) is 5.73 Å². The van der Waals surface area contributed by atoms with Crippen LogP contribution in [0.1, 0.15) is 26.2 Å². The van der Waals surface area contributed by atoms with Crippen LogP contribution in [0.2, 0.25) is 0 Å². The maximum atomic E-state index is 11.8. The van der Waals surface area contributed by atoms with Crippen molar-refractivity contribution >= 4 is 33.0 Å². The van der Waals surface area contributed by atoms with Crippen molar-refractivity contribution in [3.8, 4) is 0 Å². The summed E-state index contributed by atoms with van der Waals surface area (Å²) in [6, 6.07) is 7.97. The molecule has 1 unspecified atom stereocenters. The van der Waals surface area contributed by atoms with Crippen LogP contribution in [0.25, 0.3) is 10.1 Å². The number of thiophene rings is 1. The minimum atomic E-state index is -0.0418. The van der Waals surface area contributed by atoms with E-state index in [1.54, 1.807) is 11.3 Å². The lowest BCUT2D eigenvalue weighted by Gasteiger charge is -2.10. The largest absolute Gasteiger partial charge is 0.327 e. The van der Waals surface area contributed by atoms with Gasteiger partial charge in [-0.1, -0.05) is 13.3 Å². The van der Waals surface area contributed by atoms with Crippen molar-refractivity contribution in [1.82, 2.24) is 0 Å². The smallest absolute Gasteiger partial charge is 0.225 e. The first-order valence-corrected chi connectivity index (χ1v) is 7.09. The summed E-state index contributed by atoms with van der Waals surface area (Å²) in [4.78, 5) is 11.8. The molecule has 0 fully saturated rings. The molecule has 1 aromatic heterocycles. The van der Waals surface area contributed by atoms with Crippen LogP contribution >= 0.6 is 11.3 Å². The lowest BCUT2D eigenvalue weighted by Crippen LogP contribution is -2.26. The summed E-state index contributed by atoms with van der Waals surface area (Å²) >= 11 is 1.70. The average Bonchev–Trinajstić information content (AvgIpc) is 2.76. The van der Waals surface area contributed by atoms with E-state index in [1.807, 2.05) is 23.6 Å². The SMILES string of the molecule is CCCC(N)CC(=O)Nc1ccc2sccc2c1. The second-order valence-corrected chi connectivity index (χ2v) is 5.42. The summed E-state index contributed by atoms with van der Waals surface area (Å²) in [7, 11) is 0. The van der Waals surface area contributed by atoms with Gasteiger partial charge in [0.15, 0.2) is 0 Å². The Morgan fingerprint density at radius 2 is 2.28 bits per heavy atom. The molecule has 96 valence electrons. The van der Waals surface area contributed by atoms with Crippen LogP contribution in [-0.2, 0) is 4.79 Å². The predicted octanol–water partition coefficient (Wildman–Crippen LogP) is 3.36. The van der Waals surface area contributed by atoms with Crippen LogP contribution in [-0.4, -0.2) is 11.9 Å². The Labute approximate surface area is 111 Å². The van der Waals surface area contributed by atoms with Crippen molar-refractivity contribution in [1.29, 1.82) is 0 Å². The van der Waals surface area contributed by atoms with Gasteiger partial charge in [-0.25, -0.2) is 0 Å². The van der Waals surface area contributed by atoms with Gasteiger partial charge in [0.05, 0.1) is 0 Å². The molecule has 1 heterocycles. The van der Waals surface area contributed by atoms with Crippen molar-refractivity contribution in [2.45, 2.75) is 32.2 Å². The third kappa shape index (κ3) is 3.31. The zero-order valence-electron chi connectivity index (χ0n) is 10.5. The number of amides is 1. The summed E-state index contributed by atoms with van der Waals surface area (Å²) in [6.07, 6.45) is 2.28. The van der Waals surface area contributed by atoms with Crippen LogP contribution in [0, 0.1) is 0 Å². The first-order valence-electron chi connectivity index (χ1n) is 6.21. The summed E-state index contributed by atoms with van der Waals surface area (Å²) in [5.74, 6) is -0.00877. The van der Waals surface area contributed by atoms with Crippen molar-refractivity contribution < 1.29 is 4.79 Å². The Bertz CT molecular complexity index is 535. The molecule has 0 aliphatic carbocycles.